The molecule has 0 aromatic heterocycles. The van der Waals surface area contributed by atoms with E-state index in [-0.39, 0.29) is 28.6 Å². The second kappa shape index (κ2) is 14.5. The number of nitrogens with two attached hydrogens (primary N) is 1. The highest BCUT2D eigenvalue weighted by molar-refractivity contribution is 6.02. The van der Waals surface area contributed by atoms with Gasteiger partial charge in [-0.1, -0.05) is 37.4 Å². The lowest BCUT2D eigenvalue weighted by molar-refractivity contribution is -0.113. The van der Waals surface area contributed by atoms with Crippen LogP contribution in [0.5, 0.6) is 46.0 Å². The smallest absolute Gasteiger partial charge is 0.340 e. The number of fused-ring (bicyclic) bond motifs is 12. The van der Waals surface area contributed by atoms with Crippen molar-refractivity contribution in [1.82, 2.24) is 0 Å². The number of carbonyl (C=O) groups excluding carboxylic acids is 4. The number of phenolic OH excluding ortho intramolecular Hbond substituents is 4. The number of aromatic hydroxyl groups is 4. The van der Waals surface area contributed by atoms with Gasteiger partial charge in [0.05, 0.1) is 11.1 Å². The van der Waals surface area contributed by atoms with Crippen LogP contribution in [-0.4, -0.2) is 44.2 Å². The van der Waals surface area contributed by atoms with E-state index >= 15 is 0 Å². The zero-order valence-corrected chi connectivity index (χ0v) is 31.2. The Morgan fingerprint density at radius 2 is 0.917 bits per heavy atom. The molecular formula is C46H32N2O12. The van der Waals surface area contributed by atoms with Crippen molar-refractivity contribution in [1.29, 1.82) is 0 Å². The average molecular weight is 805 g/mol. The van der Waals surface area contributed by atoms with Crippen LogP contribution in [0.3, 0.4) is 0 Å². The Morgan fingerprint density at radius 3 is 1.33 bits per heavy atom. The van der Waals surface area contributed by atoms with Crippen LogP contribution >= 0.6 is 0 Å². The third-order valence-corrected chi connectivity index (χ3v) is 10.1. The summed E-state index contributed by atoms with van der Waals surface area (Å²) >= 11 is 0. The number of hydrogen-bond donors (Lipinski definition) is 6. The van der Waals surface area contributed by atoms with Crippen molar-refractivity contribution in [2.45, 2.75) is 11.2 Å². The summed E-state index contributed by atoms with van der Waals surface area (Å²) in [6.07, 6.45) is 2.19. The highest BCUT2D eigenvalue weighted by atomic mass is 16.6. The van der Waals surface area contributed by atoms with Gasteiger partial charge in [0.1, 0.15) is 46.0 Å². The summed E-state index contributed by atoms with van der Waals surface area (Å²) in [5, 5.41) is 42.2. The molecule has 60 heavy (non-hydrogen) atoms. The van der Waals surface area contributed by atoms with Crippen LogP contribution in [0.25, 0.3) is 0 Å². The first kappa shape index (κ1) is 38.4. The minimum atomic E-state index is -1.32. The van der Waals surface area contributed by atoms with E-state index in [9.17, 15) is 39.6 Å². The van der Waals surface area contributed by atoms with E-state index in [2.05, 4.69) is 24.2 Å². The van der Waals surface area contributed by atoms with E-state index in [0.717, 1.165) is 12.2 Å². The lowest BCUT2D eigenvalue weighted by Crippen LogP contribution is -2.32. The number of amides is 2. The highest BCUT2D eigenvalue weighted by Gasteiger charge is 2.55. The summed E-state index contributed by atoms with van der Waals surface area (Å²) in [7, 11) is 0. The molecule has 0 saturated carbocycles. The first-order valence-electron chi connectivity index (χ1n) is 18.0. The molecule has 6 aromatic carbocycles. The number of esters is 2. The van der Waals surface area contributed by atoms with E-state index in [1.165, 1.54) is 48.5 Å². The predicted molar refractivity (Wildman–Crippen MR) is 214 cm³/mol. The van der Waals surface area contributed by atoms with E-state index in [1.807, 2.05) is 12.1 Å². The van der Waals surface area contributed by atoms with Gasteiger partial charge in [0.25, 0.3) is 0 Å². The summed E-state index contributed by atoms with van der Waals surface area (Å²) in [6.45, 7) is 6.50. The summed E-state index contributed by atoms with van der Waals surface area (Å²) in [5.74, 6) is -0.464. The molecule has 0 atom stereocenters. The topological polar surface area (TPSA) is 224 Å². The van der Waals surface area contributed by atoms with Gasteiger partial charge in [0, 0.05) is 63.3 Å². The number of ether oxygens (including phenoxy) is 4. The van der Waals surface area contributed by atoms with Gasteiger partial charge in [0.15, 0.2) is 11.2 Å². The second-order valence-corrected chi connectivity index (χ2v) is 13.7. The van der Waals surface area contributed by atoms with Crippen molar-refractivity contribution in [3.05, 3.63) is 185 Å². The SMILES string of the molecule is C=CC(=O)Nc1ccc2c(c1)C(=O)OC21c2ccc(O)cc2Oc2cc(O)ccc21.C=CC(N)=O.O=C1OC2(c3ccc(O)cc3Oc3cc(O)ccc32)c2ccccc21. The third kappa shape index (κ3) is 6.15. The maximum Gasteiger partial charge on any atom is 0.340 e. The lowest BCUT2D eigenvalue weighted by Gasteiger charge is -2.36. The lowest BCUT2D eigenvalue weighted by atomic mass is 9.77. The van der Waals surface area contributed by atoms with Gasteiger partial charge >= 0.3 is 11.9 Å². The molecule has 4 aliphatic rings. The Morgan fingerprint density at radius 1 is 0.533 bits per heavy atom. The number of benzene rings is 6. The van der Waals surface area contributed by atoms with Crippen molar-refractivity contribution in [3.63, 3.8) is 0 Å². The van der Waals surface area contributed by atoms with Crippen molar-refractivity contribution in [3.8, 4) is 46.0 Å². The van der Waals surface area contributed by atoms with Crippen molar-refractivity contribution in [2.24, 2.45) is 5.73 Å². The predicted octanol–water partition coefficient (Wildman–Crippen LogP) is 7.11. The Bertz CT molecular complexity index is 2740. The van der Waals surface area contributed by atoms with Gasteiger partial charge in [0.2, 0.25) is 11.8 Å². The minimum absolute atomic E-state index is 0.0143. The molecule has 7 N–H and O–H groups in total. The average Bonchev–Trinajstić information content (AvgIpc) is 3.68. The van der Waals surface area contributed by atoms with E-state index in [0.29, 0.717) is 67.6 Å². The van der Waals surface area contributed by atoms with Gasteiger partial charge in [-0.2, -0.15) is 0 Å². The number of phenols is 4. The molecule has 298 valence electrons. The zero-order valence-electron chi connectivity index (χ0n) is 31.2. The Labute approximate surface area is 340 Å². The number of primary amides is 1. The monoisotopic (exact) mass is 804 g/mol. The number of carbonyl (C=O) groups is 4. The molecule has 4 heterocycles. The summed E-state index contributed by atoms with van der Waals surface area (Å²) in [4.78, 5) is 46.5. The number of rotatable bonds is 3. The molecular weight excluding hydrogens is 773 g/mol. The number of anilines is 1. The van der Waals surface area contributed by atoms with Gasteiger partial charge < -0.3 is 50.4 Å². The molecule has 0 radical (unpaired) electrons. The summed E-state index contributed by atoms with van der Waals surface area (Å²) in [6, 6.07) is 30.6. The molecule has 0 unspecified atom stereocenters. The minimum Gasteiger partial charge on any atom is -0.508 e. The van der Waals surface area contributed by atoms with Gasteiger partial charge in [-0.05, 0) is 78.9 Å². The van der Waals surface area contributed by atoms with Gasteiger partial charge in [-0.3, -0.25) is 9.59 Å². The van der Waals surface area contributed by atoms with Crippen LogP contribution in [0.15, 0.2) is 141 Å². The second-order valence-electron chi connectivity index (χ2n) is 13.7. The third-order valence-electron chi connectivity index (χ3n) is 10.1. The van der Waals surface area contributed by atoms with E-state index < -0.39 is 35.0 Å². The van der Waals surface area contributed by atoms with E-state index in [4.69, 9.17) is 18.9 Å². The number of nitrogens with one attached hydrogen (secondary N) is 1. The summed E-state index contributed by atoms with van der Waals surface area (Å²) < 4.78 is 23.6. The molecule has 0 fully saturated rings. The van der Waals surface area contributed by atoms with Crippen LogP contribution in [-0.2, 0) is 30.3 Å². The maximum absolute atomic E-state index is 12.9. The number of hydrogen-bond acceptors (Lipinski definition) is 12. The largest absolute Gasteiger partial charge is 0.508 e. The Balaban J connectivity index is 0.000000151. The van der Waals surface area contributed by atoms with Crippen LogP contribution in [0.4, 0.5) is 5.69 Å². The van der Waals surface area contributed by atoms with Crippen molar-refractivity contribution >= 4 is 29.4 Å². The van der Waals surface area contributed by atoms with Crippen LogP contribution < -0.4 is 20.5 Å². The standard InChI is InChI=1S/C23H15NO6.C20H12O5.C3H5NO/c1-2-21(27)24-12-3-6-16-15(9-12)22(28)30-23(16)17-7-4-13(25)10-19(17)29-20-11-14(26)5-8-18(20)23;21-11-5-7-15-17(9-11)24-18-10-12(22)6-8-16(18)20(15)14-4-2-1-3-13(14)19(23)25-20;1-2-3(4)5/h2-11,25-26H,1H2,(H,24,27);1-10,21-22H;2H,1H2,(H2,4,5). The van der Waals surface area contributed by atoms with Crippen LogP contribution in [0.1, 0.15) is 54.1 Å². The molecule has 0 bridgehead atoms. The Kier molecular flexibility index (Phi) is 9.24. The molecule has 0 saturated heterocycles. The van der Waals surface area contributed by atoms with Crippen LogP contribution in [0.2, 0.25) is 0 Å². The molecule has 14 heteroatoms. The maximum atomic E-state index is 12.9. The quantitative estimate of drug-likeness (QED) is 0.0778. The molecule has 0 aliphatic carbocycles. The fourth-order valence-corrected chi connectivity index (χ4v) is 7.63. The van der Waals surface area contributed by atoms with Gasteiger partial charge in [-0.15, -0.1) is 0 Å². The fourth-order valence-electron chi connectivity index (χ4n) is 7.63. The molecule has 6 aromatic rings. The molecule has 2 spiro atoms. The van der Waals surface area contributed by atoms with Gasteiger partial charge in [-0.25, -0.2) is 9.59 Å². The first-order chi connectivity index (χ1) is 28.8. The van der Waals surface area contributed by atoms with Crippen molar-refractivity contribution < 1.29 is 58.6 Å². The zero-order chi connectivity index (χ0) is 42.5. The van der Waals surface area contributed by atoms with Crippen molar-refractivity contribution in [2.75, 3.05) is 5.32 Å². The summed E-state index contributed by atoms with van der Waals surface area (Å²) in [5.41, 5.74) is 6.85. The molecule has 10 rings (SSSR count). The molecule has 2 amide bonds. The fraction of sp³-hybridized carbons (Fsp3) is 0.0435. The van der Waals surface area contributed by atoms with E-state index in [1.54, 1.807) is 54.6 Å². The first-order valence-corrected chi connectivity index (χ1v) is 18.0. The van der Waals surface area contributed by atoms with Crippen LogP contribution in [0, 0.1) is 0 Å². The molecule has 14 nitrogen and oxygen atoms in total. The Hall–Kier alpha value is -8.52. The molecule has 4 aliphatic heterocycles. The normalized spacial score (nSPS) is 14.5. The highest BCUT2D eigenvalue weighted by Crippen LogP contribution is 2.58.